The molecule has 0 aliphatic carbocycles. The average Bonchev–Trinajstić information content (AvgIpc) is 2.96. The summed E-state index contributed by atoms with van der Waals surface area (Å²) in [6.07, 6.45) is 3.57. The van der Waals surface area contributed by atoms with Crippen molar-refractivity contribution in [1.82, 2.24) is 15.1 Å². The molecule has 0 bridgehead atoms. The molecule has 0 aliphatic heterocycles. The Morgan fingerprint density at radius 3 is 2.61 bits per heavy atom. The number of nitrogens with zero attached hydrogens (tertiary/aromatic N) is 2. The average molecular weight is 315 g/mol. The first-order valence-corrected chi connectivity index (χ1v) is 7.52. The highest BCUT2D eigenvalue weighted by atomic mass is 16.4. The maximum Gasteiger partial charge on any atom is 0.305 e. The first-order chi connectivity index (χ1) is 10.9. The van der Waals surface area contributed by atoms with E-state index in [4.69, 9.17) is 5.11 Å². The van der Waals surface area contributed by atoms with Crippen molar-refractivity contribution >= 4 is 11.9 Å². The minimum atomic E-state index is -0.936. The van der Waals surface area contributed by atoms with Crippen LogP contribution in [0.1, 0.15) is 42.6 Å². The fourth-order valence-corrected chi connectivity index (χ4v) is 2.28. The van der Waals surface area contributed by atoms with Crippen LogP contribution in [0.4, 0.5) is 0 Å². The topological polar surface area (TPSA) is 84.2 Å². The quantitative estimate of drug-likeness (QED) is 0.821. The van der Waals surface area contributed by atoms with E-state index in [0.717, 1.165) is 5.56 Å². The van der Waals surface area contributed by atoms with Gasteiger partial charge in [-0.05, 0) is 18.9 Å². The van der Waals surface area contributed by atoms with Gasteiger partial charge in [0.05, 0.1) is 24.7 Å². The van der Waals surface area contributed by atoms with Crippen molar-refractivity contribution in [1.29, 1.82) is 0 Å². The number of carbonyl (C=O) groups is 2. The minimum Gasteiger partial charge on any atom is -0.481 e. The van der Waals surface area contributed by atoms with E-state index in [0.29, 0.717) is 18.5 Å². The molecule has 0 unspecified atom stereocenters. The Bertz CT molecular complexity index is 681. The first-order valence-electron chi connectivity index (χ1n) is 7.52. The number of hydrogen-bond donors (Lipinski definition) is 2. The molecule has 0 radical (unpaired) electrons. The van der Waals surface area contributed by atoms with Crippen LogP contribution in [0.25, 0.3) is 0 Å². The lowest BCUT2D eigenvalue weighted by Gasteiger charge is -2.27. The van der Waals surface area contributed by atoms with Gasteiger partial charge in [-0.2, -0.15) is 5.10 Å². The number of aromatic nitrogens is 2. The molecule has 0 fully saturated rings. The van der Waals surface area contributed by atoms with Crippen molar-refractivity contribution in [2.45, 2.75) is 38.8 Å². The smallest absolute Gasteiger partial charge is 0.305 e. The van der Waals surface area contributed by atoms with Crippen LogP contribution in [-0.4, -0.2) is 32.3 Å². The van der Waals surface area contributed by atoms with Crippen molar-refractivity contribution in [3.05, 3.63) is 53.9 Å². The molecule has 2 aromatic rings. The fourth-order valence-electron chi connectivity index (χ4n) is 2.28. The summed E-state index contributed by atoms with van der Waals surface area (Å²) in [4.78, 5) is 23.2. The Morgan fingerprint density at radius 1 is 1.30 bits per heavy atom. The van der Waals surface area contributed by atoms with Gasteiger partial charge in [-0.15, -0.1) is 0 Å². The van der Waals surface area contributed by atoms with E-state index in [2.05, 4.69) is 10.4 Å². The maximum atomic E-state index is 12.3. The Labute approximate surface area is 135 Å². The van der Waals surface area contributed by atoms with Crippen LogP contribution in [-0.2, 0) is 11.3 Å². The van der Waals surface area contributed by atoms with Gasteiger partial charge in [-0.3, -0.25) is 14.3 Å². The number of nitrogens with one attached hydrogen (secondary N) is 1. The largest absolute Gasteiger partial charge is 0.481 e. The van der Waals surface area contributed by atoms with Gasteiger partial charge in [-0.1, -0.05) is 37.3 Å². The molecule has 0 aliphatic rings. The zero-order valence-electron chi connectivity index (χ0n) is 13.3. The monoisotopic (exact) mass is 315 g/mol. The highest BCUT2D eigenvalue weighted by Gasteiger charge is 2.28. The number of carbonyl (C=O) groups excluding carboxylic acids is 1. The Hall–Kier alpha value is -2.63. The lowest BCUT2D eigenvalue weighted by molar-refractivity contribution is -0.138. The van der Waals surface area contributed by atoms with Crippen LogP contribution < -0.4 is 5.32 Å². The molecular weight excluding hydrogens is 294 g/mol. The Morgan fingerprint density at radius 2 is 2.00 bits per heavy atom. The zero-order valence-corrected chi connectivity index (χ0v) is 13.3. The lowest BCUT2D eigenvalue weighted by Crippen LogP contribution is -2.46. The lowest BCUT2D eigenvalue weighted by atomic mass is 9.94. The number of hydrogen-bond acceptors (Lipinski definition) is 3. The second kappa shape index (κ2) is 7.09. The molecule has 2 N–H and O–H groups in total. The fraction of sp³-hybridized carbons (Fsp3) is 0.353. The SMILES string of the molecule is CC[C@](C)(CC(=O)O)NC(=O)c1cnn(Cc2ccccc2)c1. The van der Waals surface area contributed by atoms with Gasteiger partial charge < -0.3 is 10.4 Å². The number of benzene rings is 1. The molecule has 0 spiro atoms. The molecule has 6 heteroatoms. The standard InChI is InChI=1S/C17H21N3O3/c1-3-17(2,9-15(21)22)19-16(23)14-10-18-20(12-14)11-13-7-5-4-6-8-13/h4-8,10,12H,3,9,11H2,1-2H3,(H,19,23)(H,21,22)/t17-/m1/s1. The molecule has 23 heavy (non-hydrogen) atoms. The number of amides is 1. The predicted octanol–water partition coefficient (Wildman–Crippen LogP) is 2.30. The predicted molar refractivity (Wildman–Crippen MR) is 86.2 cm³/mol. The second-order valence-corrected chi connectivity index (χ2v) is 5.85. The van der Waals surface area contributed by atoms with Crippen LogP contribution in [0.15, 0.2) is 42.7 Å². The van der Waals surface area contributed by atoms with Gasteiger partial charge in [-0.25, -0.2) is 0 Å². The molecule has 2 rings (SSSR count). The summed E-state index contributed by atoms with van der Waals surface area (Å²) in [6.45, 7) is 4.16. The van der Waals surface area contributed by atoms with Gasteiger partial charge in [0.25, 0.3) is 5.91 Å². The number of carboxylic acids is 1. The summed E-state index contributed by atoms with van der Waals surface area (Å²) in [5.74, 6) is -1.25. The van der Waals surface area contributed by atoms with Gasteiger partial charge >= 0.3 is 5.97 Å². The van der Waals surface area contributed by atoms with E-state index >= 15 is 0 Å². The minimum absolute atomic E-state index is 0.118. The normalized spacial score (nSPS) is 13.3. The number of rotatable bonds is 7. The number of aliphatic carboxylic acids is 1. The van der Waals surface area contributed by atoms with Gasteiger partial charge in [0.2, 0.25) is 0 Å². The van der Waals surface area contributed by atoms with E-state index in [1.807, 2.05) is 37.3 Å². The van der Waals surface area contributed by atoms with Crippen LogP contribution in [0, 0.1) is 0 Å². The number of carboxylic acid groups (broad SMARTS) is 1. The van der Waals surface area contributed by atoms with Gasteiger partial charge in [0.1, 0.15) is 0 Å². The van der Waals surface area contributed by atoms with Crippen molar-refractivity contribution in [2.75, 3.05) is 0 Å². The maximum absolute atomic E-state index is 12.3. The van der Waals surface area contributed by atoms with Crippen LogP contribution in [0.2, 0.25) is 0 Å². The summed E-state index contributed by atoms with van der Waals surface area (Å²) in [5, 5.41) is 15.9. The molecule has 1 aromatic carbocycles. The van der Waals surface area contributed by atoms with E-state index in [1.165, 1.54) is 6.20 Å². The van der Waals surface area contributed by atoms with Gasteiger partial charge in [0.15, 0.2) is 0 Å². The third-order valence-electron chi connectivity index (χ3n) is 3.82. The molecule has 0 saturated carbocycles. The van der Waals surface area contributed by atoms with E-state index in [-0.39, 0.29) is 12.3 Å². The first kappa shape index (κ1) is 16.7. The van der Waals surface area contributed by atoms with Crippen molar-refractivity contribution in [2.24, 2.45) is 0 Å². The van der Waals surface area contributed by atoms with Crippen LogP contribution >= 0.6 is 0 Å². The summed E-state index contributed by atoms with van der Waals surface area (Å²) in [5.41, 5.74) is 0.739. The molecule has 1 heterocycles. The highest BCUT2D eigenvalue weighted by Crippen LogP contribution is 2.15. The summed E-state index contributed by atoms with van der Waals surface area (Å²) in [6, 6.07) is 9.82. The third-order valence-corrected chi connectivity index (χ3v) is 3.82. The zero-order chi connectivity index (χ0) is 16.9. The molecule has 1 amide bonds. The summed E-state index contributed by atoms with van der Waals surface area (Å²) < 4.78 is 1.69. The Kier molecular flexibility index (Phi) is 5.16. The van der Waals surface area contributed by atoms with E-state index in [1.54, 1.807) is 17.8 Å². The highest BCUT2D eigenvalue weighted by molar-refractivity contribution is 5.94. The molecule has 1 aromatic heterocycles. The van der Waals surface area contributed by atoms with Crippen molar-refractivity contribution < 1.29 is 14.7 Å². The second-order valence-electron chi connectivity index (χ2n) is 5.85. The van der Waals surface area contributed by atoms with Crippen molar-refractivity contribution in [3.63, 3.8) is 0 Å². The molecule has 0 saturated heterocycles. The third kappa shape index (κ3) is 4.67. The van der Waals surface area contributed by atoms with Gasteiger partial charge in [0, 0.05) is 11.7 Å². The molecule has 122 valence electrons. The summed E-state index contributed by atoms with van der Waals surface area (Å²) in [7, 11) is 0. The van der Waals surface area contributed by atoms with E-state index < -0.39 is 11.5 Å². The molecule has 6 nitrogen and oxygen atoms in total. The summed E-state index contributed by atoms with van der Waals surface area (Å²) >= 11 is 0. The van der Waals surface area contributed by atoms with Crippen LogP contribution in [0.3, 0.4) is 0 Å². The van der Waals surface area contributed by atoms with Crippen molar-refractivity contribution in [3.8, 4) is 0 Å². The molecule has 1 atom stereocenters. The molecular formula is C17H21N3O3. The van der Waals surface area contributed by atoms with E-state index in [9.17, 15) is 9.59 Å². The Balaban J connectivity index is 2.04. The van der Waals surface area contributed by atoms with Crippen LogP contribution in [0.5, 0.6) is 0 Å².